The van der Waals surface area contributed by atoms with Crippen molar-refractivity contribution in [1.82, 2.24) is 15.4 Å². The van der Waals surface area contributed by atoms with Gasteiger partial charge in [-0.3, -0.25) is 4.79 Å². The highest BCUT2D eigenvalue weighted by molar-refractivity contribution is 5.95. The number of rotatable bonds is 4. The number of hydrogen-bond acceptors (Lipinski definition) is 4. The van der Waals surface area contributed by atoms with E-state index in [1.54, 1.807) is 13.1 Å². The summed E-state index contributed by atoms with van der Waals surface area (Å²) in [7, 11) is 0. The van der Waals surface area contributed by atoms with E-state index in [4.69, 9.17) is 4.52 Å². The molecule has 1 aromatic rings. The normalized spacial score (nSPS) is 28.6. The highest BCUT2D eigenvalue weighted by Crippen LogP contribution is 2.30. The fraction of sp³-hybridized carbons (Fsp3) is 0.733. The number of nitrogens with one attached hydrogen (secondary N) is 1. The molecule has 110 valence electrons. The van der Waals surface area contributed by atoms with Crippen LogP contribution in [0, 0.1) is 6.92 Å². The molecule has 2 unspecified atom stereocenters. The molecule has 5 nitrogen and oxygen atoms in total. The Hall–Kier alpha value is -1.36. The van der Waals surface area contributed by atoms with E-state index in [9.17, 15) is 4.79 Å². The maximum Gasteiger partial charge on any atom is 0.259 e. The maximum atomic E-state index is 12.8. The molecule has 1 amide bonds. The summed E-state index contributed by atoms with van der Waals surface area (Å²) in [6, 6.07) is 1.54. The van der Waals surface area contributed by atoms with Crippen LogP contribution in [0.1, 0.15) is 55.1 Å². The molecule has 2 atom stereocenters. The minimum Gasteiger partial charge on any atom is -0.361 e. The lowest BCUT2D eigenvalue weighted by atomic mass is 9.97. The standard InChI is InChI=1S/C15H23N3O2/c1-3-6-18(15(19)14-9-16-20-10(14)2)13-7-11-4-5-12(8-13)17-11/h9,11-13,17H,3-8H2,1-2H3. The molecule has 3 heterocycles. The van der Waals surface area contributed by atoms with Crippen molar-refractivity contribution in [3.8, 4) is 0 Å². The Bertz CT molecular complexity index is 473. The smallest absolute Gasteiger partial charge is 0.259 e. The Balaban J connectivity index is 1.78. The third kappa shape index (κ3) is 2.46. The molecule has 1 N–H and O–H groups in total. The first-order chi connectivity index (χ1) is 9.69. The third-order valence-electron chi connectivity index (χ3n) is 4.60. The minimum atomic E-state index is 0.0805. The average Bonchev–Trinajstić information content (AvgIpc) is 3.01. The number of aromatic nitrogens is 1. The van der Waals surface area contributed by atoms with Gasteiger partial charge in [-0.1, -0.05) is 12.1 Å². The molecule has 2 saturated heterocycles. The fourth-order valence-electron chi connectivity index (χ4n) is 3.63. The number of hydrogen-bond donors (Lipinski definition) is 1. The second kappa shape index (κ2) is 5.56. The van der Waals surface area contributed by atoms with Crippen molar-refractivity contribution in [1.29, 1.82) is 0 Å². The lowest BCUT2D eigenvalue weighted by Crippen LogP contribution is -2.50. The Morgan fingerprint density at radius 3 is 2.70 bits per heavy atom. The van der Waals surface area contributed by atoms with Crippen LogP contribution in [0.15, 0.2) is 10.7 Å². The van der Waals surface area contributed by atoms with Crippen LogP contribution in [0.4, 0.5) is 0 Å². The van der Waals surface area contributed by atoms with Crippen molar-refractivity contribution in [2.75, 3.05) is 6.54 Å². The van der Waals surface area contributed by atoms with E-state index >= 15 is 0 Å². The first-order valence-electron chi connectivity index (χ1n) is 7.67. The Labute approximate surface area is 119 Å². The molecule has 5 heteroatoms. The summed E-state index contributed by atoms with van der Waals surface area (Å²) < 4.78 is 5.05. The number of piperidine rings is 1. The summed E-state index contributed by atoms with van der Waals surface area (Å²) in [6.45, 7) is 4.74. The lowest BCUT2D eigenvalue weighted by molar-refractivity contribution is 0.0615. The van der Waals surface area contributed by atoms with Gasteiger partial charge >= 0.3 is 0 Å². The van der Waals surface area contributed by atoms with E-state index in [0.717, 1.165) is 25.8 Å². The SMILES string of the molecule is CCCN(C(=O)c1cnoc1C)C1CC2CCC(C1)N2. The molecule has 20 heavy (non-hydrogen) atoms. The van der Waals surface area contributed by atoms with Gasteiger partial charge in [-0.25, -0.2) is 0 Å². The van der Waals surface area contributed by atoms with Crippen LogP contribution in [-0.4, -0.2) is 40.6 Å². The van der Waals surface area contributed by atoms with E-state index in [-0.39, 0.29) is 5.91 Å². The molecular weight excluding hydrogens is 254 g/mol. The van der Waals surface area contributed by atoms with Crippen LogP contribution < -0.4 is 5.32 Å². The van der Waals surface area contributed by atoms with E-state index in [0.29, 0.717) is 29.4 Å². The predicted octanol–water partition coefficient (Wildman–Crippen LogP) is 2.12. The van der Waals surface area contributed by atoms with Crippen molar-refractivity contribution in [3.63, 3.8) is 0 Å². The predicted molar refractivity (Wildman–Crippen MR) is 75.5 cm³/mol. The number of aryl methyl sites for hydroxylation is 1. The van der Waals surface area contributed by atoms with E-state index in [2.05, 4.69) is 17.4 Å². The van der Waals surface area contributed by atoms with Crippen molar-refractivity contribution in [2.24, 2.45) is 0 Å². The molecule has 2 fully saturated rings. The molecule has 1 aromatic heterocycles. The number of carbonyl (C=O) groups is 1. The van der Waals surface area contributed by atoms with Crippen LogP contribution >= 0.6 is 0 Å². The monoisotopic (exact) mass is 277 g/mol. The zero-order valence-electron chi connectivity index (χ0n) is 12.3. The van der Waals surface area contributed by atoms with Crippen molar-refractivity contribution < 1.29 is 9.32 Å². The lowest BCUT2D eigenvalue weighted by Gasteiger charge is -2.37. The summed E-state index contributed by atoms with van der Waals surface area (Å²) in [6.07, 6.45) is 7.19. The maximum absolute atomic E-state index is 12.8. The topological polar surface area (TPSA) is 58.4 Å². The van der Waals surface area contributed by atoms with Gasteiger partial charge in [-0.2, -0.15) is 0 Å². The molecular formula is C15H23N3O2. The Kier molecular flexibility index (Phi) is 3.78. The number of fused-ring (bicyclic) bond motifs is 2. The van der Waals surface area contributed by atoms with Crippen LogP contribution in [-0.2, 0) is 0 Å². The molecule has 3 rings (SSSR count). The van der Waals surface area contributed by atoms with E-state index < -0.39 is 0 Å². The largest absolute Gasteiger partial charge is 0.361 e. The van der Waals surface area contributed by atoms with Gasteiger partial charge in [0, 0.05) is 24.7 Å². The van der Waals surface area contributed by atoms with Gasteiger partial charge in [0.25, 0.3) is 5.91 Å². The molecule has 2 aliphatic heterocycles. The zero-order valence-corrected chi connectivity index (χ0v) is 12.3. The van der Waals surface area contributed by atoms with Gasteiger partial charge in [-0.15, -0.1) is 0 Å². The van der Waals surface area contributed by atoms with Crippen molar-refractivity contribution in [2.45, 2.75) is 64.1 Å². The first-order valence-corrected chi connectivity index (χ1v) is 7.67. The molecule has 0 radical (unpaired) electrons. The van der Waals surface area contributed by atoms with Crippen LogP contribution in [0.5, 0.6) is 0 Å². The number of carbonyl (C=O) groups excluding carboxylic acids is 1. The van der Waals surface area contributed by atoms with Gasteiger partial charge in [0.15, 0.2) is 0 Å². The van der Waals surface area contributed by atoms with E-state index in [1.165, 1.54) is 12.8 Å². The Morgan fingerprint density at radius 2 is 2.15 bits per heavy atom. The third-order valence-corrected chi connectivity index (χ3v) is 4.60. The molecule has 0 saturated carbocycles. The highest BCUT2D eigenvalue weighted by Gasteiger charge is 2.38. The zero-order chi connectivity index (χ0) is 14.1. The molecule has 2 bridgehead atoms. The second-order valence-electron chi connectivity index (χ2n) is 6.06. The van der Waals surface area contributed by atoms with Crippen molar-refractivity contribution in [3.05, 3.63) is 17.5 Å². The second-order valence-corrected chi connectivity index (χ2v) is 6.06. The summed E-state index contributed by atoms with van der Waals surface area (Å²) >= 11 is 0. The average molecular weight is 277 g/mol. The molecule has 0 aliphatic carbocycles. The minimum absolute atomic E-state index is 0.0805. The van der Waals surface area contributed by atoms with E-state index in [1.807, 2.05) is 4.90 Å². The Morgan fingerprint density at radius 1 is 1.45 bits per heavy atom. The number of amides is 1. The van der Waals surface area contributed by atoms with Crippen LogP contribution in [0.2, 0.25) is 0 Å². The van der Waals surface area contributed by atoms with Gasteiger partial charge in [0.05, 0.1) is 6.20 Å². The fourth-order valence-corrected chi connectivity index (χ4v) is 3.63. The highest BCUT2D eigenvalue weighted by atomic mass is 16.5. The molecule has 2 aliphatic rings. The summed E-state index contributed by atoms with van der Waals surface area (Å²) in [5.74, 6) is 0.699. The first kappa shape index (κ1) is 13.6. The van der Waals surface area contributed by atoms with Gasteiger partial charge in [-0.05, 0) is 39.0 Å². The molecule has 0 spiro atoms. The summed E-state index contributed by atoms with van der Waals surface area (Å²) in [5, 5.41) is 7.37. The van der Waals surface area contributed by atoms with Gasteiger partial charge in [0.2, 0.25) is 0 Å². The quantitative estimate of drug-likeness (QED) is 0.916. The summed E-state index contributed by atoms with van der Waals surface area (Å²) in [4.78, 5) is 14.8. The van der Waals surface area contributed by atoms with Crippen LogP contribution in [0.3, 0.4) is 0 Å². The van der Waals surface area contributed by atoms with Gasteiger partial charge < -0.3 is 14.7 Å². The summed E-state index contributed by atoms with van der Waals surface area (Å²) in [5.41, 5.74) is 0.615. The molecule has 0 aromatic carbocycles. The van der Waals surface area contributed by atoms with Crippen molar-refractivity contribution >= 4 is 5.91 Å². The van der Waals surface area contributed by atoms with Crippen LogP contribution in [0.25, 0.3) is 0 Å². The van der Waals surface area contributed by atoms with Gasteiger partial charge in [0.1, 0.15) is 11.3 Å². The number of nitrogens with zero attached hydrogens (tertiary/aromatic N) is 2.